The Morgan fingerprint density at radius 3 is 1.15 bits per heavy atom. The van der Waals surface area contributed by atoms with Crippen LogP contribution < -0.4 is 5.32 Å². The fourth-order valence-corrected chi connectivity index (χ4v) is 9.11. The van der Waals surface area contributed by atoms with Crippen molar-refractivity contribution in [3.8, 4) is 0 Å². The summed E-state index contributed by atoms with van der Waals surface area (Å²) in [5, 5.41) is 54.5. The number of aliphatic hydroxyl groups is 5. The van der Waals surface area contributed by atoms with Gasteiger partial charge in [-0.15, -0.1) is 0 Å². The van der Waals surface area contributed by atoms with Gasteiger partial charge < -0.3 is 40.3 Å². The molecule has 0 aromatic rings. The number of ether oxygens (including phenoxy) is 2. The second-order valence-corrected chi connectivity index (χ2v) is 19.4. The Kier molecular flexibility index (Phi) is 42.1. The van der Waals surface area contributed by atoms with E-state index in [1.807, 2.05) is 0 Å². The van der Waals surface area contributed by atoms with E-state index in [-0.39, 0.29) is 12.5 Å². The lowest BCUT2D eigenvalue weighted by molar-refractivity contribution is -0.302. The van der Waals surface area contributed by atoms with Crippen molar-refractivity contribution in [1.82, 2.24) is 5.32 Å². The van der Waals surface area contributed by atoms with E-state index >= 15 is 0 Å². The molecule has 9 heteroatoms. The molecule has 2 unspecified atom stereocenters. The standard InChI is InChI=1S/C53H105NO8/c1-3-5-7-9-11-13-15-17-18-19-20-21-22-23-24-25-26-27-28-29-31-33-35-37-39-41-43-49(57)54-46(45-61-53-52(60)51(59)50(58)48(44-55)62-53)47(56)42-40-38-36-34-32-30-16-14-12-10-8-6-4-2/h46-48,50-53,55-56,58-60H,3-45H2,1-2H3,(H,54,57)/t46-,47+,48+,50+,51?,52?,53+/m0/s1. The molecule has 0 aromatic carbocycles. The minimum atomic E-state index is -1.55. The molecule has 0 aromatic heterocycles. The summed E-state index contributed by atoms with van der Waals surface area (Å²) in [5.74, 6) is -0.138. The topological polar surface area (TPSA) is 149 Å². The van der Waals surface area contributed by atoms with Crippen LogP contribution in [0, 0.1) is 0 Å². The van der Waals surface area contributed by atoms with Gasteiger partial charge in [-0.3, -0.25) is 4.79 Å². The van der Waals surface area contributed by atoms with Crippen LogP contribution >= 0.6 is 0 Å². The average Bonchev–Trinajstić information content (AvgIpc) is 3.27. The molecule has 1 heterocycles. The molecule has 1 rings (SSSR count). The van der Waals surface area contributed by atoms with E-state index in [9.17, 15) is 30.3 Å². The summed E-state index contributed by atoms with van der Waals surface area (Å²) >= 11 is 0. The molecule has 0 radical (unpaired) electrons. The van der Waals surface area contributed by atoms with Crippen molar-refractivity contribution in [1.29, 1.82) is 0 Å². The van der Waals surface area contributed by atoms with Crippen molar-refractivity contribution in [2.24, 2.45) is 0 Å². The van der Waals surface area contributed by atoms with Crippen molar-refractivity contribution < 1.29 is 39.8 Å². The normalized spacial score (nSPS) is 20.1. The molecule has 0 saturated carbocycles. The first-order valence-corrected chi connectivity index (χ1v) is 27.2. The summed E-state index contributed by atoms with van der Waals surface area (Å²) in [4.78, 5) is 13.0. The predicted molar refractivity (Wildman–Crippen MR) is 258 cm³/mol. The lowest BCUT2D eigenvalue weighted by Crippen LogP contribution is -2.60. The van der Waals surface area contributed by atoms with Crippen molar-refractivity contribution in [2.75, 3.05) is 13.2 Å². The first-order valence-electron chi connectivity index (χ1n) is 27.2. The highest BCUT2D eigenvalue weighted by atomic mass is 16.7. The van der Waals surface area contributed by atoms with Crippen LogP contribution in [0.5, 0.6) is 0 Å². The van der Waals surface area contributed by atoms with E-state index in [1.54, 1.807) is 0 Å². The number of aliphatic hydroxyl groups excluding tert-OH is 5. The lowest BCUT2D eigenvalue weighted by atomic mass is 9.99. The molecule has 0 bridgehead atoms. The smallest absolute Gasteiger partial charge is 0.220 e. The van der Waals surface area contributed by atoms with Crippen molar-refractivity contribution in [2.45, 2.75) is 320 Å². The number of hydrogen-bond acceptors (Lipinski definition) is 8. The Hall–Kier alpha value is -0.810. The van der Waals surface area contributed by atoms with Gasteiger partial charge in [-0.1, -0.05) is 258 Å². The maximum absolute atomic E-state index is 13.0. The summed E-state index contributed by atoms with van der Waals surface area (Å²) in [6.45, 7) is 3.87. The Morgan fingerprint density at radius 1 is 0.484 bits per heavy atom. The molecule has 1 amide bonds. The van der Waals surface area contributed by atoms with Crippen molar-refractivity contribution in [3.63, 3.8) is 0 Å². The third kappa shape index (κ3) is 33.6. The van der Waals surface area contributed by atoms with E-state index < -0.39 is 49.5 Å². The van der Waals surface area contributed by atoms with Crippen molar-refractivity contribution >= 4 is 5.91 Å². The molecule has 0 aliphatic carbocycles. The highest BCUT2D eigenvalue weighted by molar-refractivity contribution is 5.76. The van der Waals surface area contributed by atoms with Gasteiger partial charge in [0.15, 0.2) is 6.29 Å². The first kappa shape index (κ1) is 59.2. The number of nitrogens with one attached hydrogen (secondary N) is 1. The Morgan fingerprint density at radius 2 is 0.806 bits per heavy atom. The molecule has 6 N–H and O–H groups in total. The third-order valence-corrected chi connectivity index (χ3v) is 13.5. The van der Waals surface area contributed by atoms with Gasteiger partial charge in [0.05, 0.1) is 25.4 Å². The monoisotopic (exact) mass is 884 g/mol. The van der Waals surface area contributed by atoms with Crippen LogP contribution in [0.4, 0.5) is 0 Å². The zero-order valence-corrected chi connectivity index (χ0v) is 40.9. The van der Waals surface area contributed by atoms with Gasteiger partial charge in [0.1, 0.15) is 24.4 Å². The lowest BCUT2D eigenvalue weighted by Gasteiger charge is -2.40. The molecular formula is C53H105NO8. The van der Waals surface area contributed by atoms with Crippen LogP contribution in [0.2, 0.25) is 0 Å². The van der Waals surface area contributed by atoms with Crippen LogP contribution in [-0.2, 0) is 14.3 Å². The summed E-state index contributed by atoms with van der Waals surface area (Å²) in [6, 6.07) is -0.712. The maximum atomic E-state index is 13.0. The van der Waals surface area contributed by atoms with Gasteiger partial charge in [0.2, 0.25) is 5.91 Å². The minimum Gasteiger partial charge on any atom is -0.394 e. The molecule has 9 nitrogen and oxygen atoms in total. The Balaban J connectivity index is 2.16. The Labute approximate surface area is 383 Å². The summed E-state index contributed by atoms with van der Waals surface area (Å²) in [6.07, 6.45) is 44.2. The molecule has 0 spiro atoms. The molecule has 1 aliphatic heterocycles. The fourth-order valence-electron chi connectivity index (χ4n) is 9.11. The number of hydrogen-bond donors (Lipinski definition) is 6. The van der Waals surface area contributed by atoms with E-state index in [2.05, 4.69) is 19.2 Å². The van der Waals surface area contributed by atoms with Crippen LogP contribution in [0.25, 0.3) is 0 Å². The quantitative estimate of drug-likeness (QED) is 0.0331. The van der Waals surface area contributed by atoms with Crippen LogP contribution in [0.15, 0.2) is 0 Å². The zero-order chi connectivity index (χ0) is 45.1. The number of carbonyl (C=O) groups excluding carboxylic acids is 1. The molecule has 370 valence electrons. The molecular weight excluding hydrogens is 779 g/mol. The number of rotatable bonds is 47. The number of unbranched alkanes of at least 4 members (excludes halogenated alkanes) is 37. The number of carbonyl (C=O) groups is 1. The van der Waals surface area contributed by atoms with Crippen LogP contribution in [-0.4, -0.2) is 87.5 Å². The minimum absolute atomic E-state index is 0.131. The molecule has 7 atom stereocenters. The molecule has 1 saturated heterocycles. The first-order chi connectivity index (χ1) is 30.3. The van der Waals surface area contributed by atoms with Gasteiger partial charge >= 0.3 is 0 Å². The van der Waals surface area contributed by atoms with Crippen LogP contribution in [0.3, 0.4) is 0 Å². The van der Waals surface area contributed by atoms with Gasteiger partial charge in [0, 0.05) is 6.42 Å². The van der Waals surface area contributed by atoms with Crippen LogP contribution in [0.1, 0.15) is 277 Å². The summed E-state index contributed by atoms with van der Waals surface area (Å²) in [7, 11) is 0. The Bertz CT molecular complexity index is 939. The van der Waals surface area contributed by atoms with Gasteiger partial charge in [-0.05, 0) is 12.8 Å². The van der Waals surface area contributed by atoms with E-state index in [0.29, 0.717) is 12.8 Å². The second kappa shape index (κ2) is 44.0. The maximum Gasteiger partial charge on any atom is 0.220 e. The van der Waals surface area contributed by atoms with Gasteiger partial charge in [0.25, 0.3) is 0 Å². The SMILES string of the molecule is CCCCCCCCCCCCCCCCCCCCCCCCCCCCC(=O)N[C@@H](CO[C@@H]1O[C@H](CO)[C@@H](O)C(O)C1O)[C@H](O)CCCCCCCCCCCCCCC. The highest BCUT2D eigenvalue weighted by Crippen LogP contribution is 2.23. The highest BCUT2D eigenvalue weighted by Gasteiger charge is 2.44. The summed E-state index contributed by atoms with van der Waals surface area (Å²) in [5.41, 5.74) is 0. The molecule has 1 fully saturated rings. The average molecular weight is 884 g/mol. The predicted octanol–water partition coefficient (Wildman–Crippen LogP) is 12.7. The van der Waals surface area contributed by atoms with Gasteiger partial charge in [-0.25, -0.2) is 0 Å². The molecule has 1 aliphatic rings. The largest absolute Gasteiger partial charge is 0.394 e. The fraction of sp³-hybridized carbons (Fsp3) is 0.981. The van der Waals surface area contributed by atoms with E-state index in [1.165, 1.54) is 212 Å². The zero-order valence-electron chi connectivity index (χ0n) is 40.9. The third-order valence-electron chi connectivity index (χ3n) is 13.5. The van der Waals surface area contributed by atoms with Gasteiger partial charge in [-0.2, -0.15) is 0 Å². The second-order valence-electron chi connectivity index (χ2n) is 19.4. The molecule has 62 heavy (non-hydrogen) atoms. The van der Waals surface area contributed by atoms with Crippen molar-refractivity contribution in [3.05, 3.63) is 0 Å². The van der Waals surface area contributed by atoms with E-state index in [0.717, 1.165) is 38.5 Å². The summed E-state index contributed by atoms with van der Waals surface area (Å²) < 4.78 is 11.3. The number of amides is 1. The van der Waals surface area contributed by atoms with E-state index in [4.69, 9.17) is 9.47 Å².